The first kappa shape index (κ1) is 25.0. The van der Waals surface area contributed by atoms with Crippen LogP contribution < -0.4 is 4.90 Å². The third-order valence-electron chi connectivity index (χ3n) is 11.1. The highest BCUT2D eigenvalue weighted by atomic mass is 19.1. The van der Waals surface area contributed by atoms with Crippen molar-refractivity contribution in [2.45, 2.75) is 69.6 Å². The summed E-state index contributed by atoms with van der Waals surface area (Å²) in [6.07, 6.45) is 6.49. The number of amides is 2. The van der Waals surface area contributed by atoms with Gasteiger partial charge >= 0.3 is 0 Å². The van der Waals surface area contributed by atoms with Crippen molar-refractivity contribution in [1.29, 1.82) is 0 Å². The molecule has 38 heavy (non-hydrogen) atoms. The van der Waals surface area contributed by atoms with E-state index in [0.29, 0.717) is 30.8 Å². The molecule has 8 atom stereocenters. The van der Waals surface area contributed by atoms with E-state index in [1.54, 1.807) is 12.1 Å². The molecule has 0 radical (unpaired) electrons. The number of benzene rings is 1. The Morgan fingerprint density at radius 2 is 1.47 bits per heavy atom. The second-order valence-corrected chi connectivity index (χ2v) is 12.9. The highest BCUT2D eigenvalue weighted by Crippen LogP contribution is 2.56. The van der Waals surface area contributed by atoms with Gasteiger partial charge in [0.25, 0.3) is 0 Å². The number of aliphatic hydroxyl groups excluding tert-OH is 2. The molecule has 7 nitrogen and oxygen atoms in total. The zero-order chi connectivity index (χ0) is 26.1. The van der Waals surface area contributed by atoms with Gasteiger partial charge in [-0.15, -0.1) is 0 Å². The summed E-state index contributed by atoms with van der Waals surface area (Å²) >= 11 is 0. The summed E-state index contributed by atoms with van der Waals surface area (Å²) in [5.74, 6) is -1.00. The fourth-order valence-corrected chi connectivity index (χ4v) is 9.17. The van der Waals surface area contributed by atoms with Crippen LogP contribution in [0.25, 0.3) is 0 Å². The maximum atomic E-state index is 13.9. The smallest absolute Gasteiger partial charge is 0.233 e. The number of piperidine rings is 1. The van der Waals surface area contributed by atoms with E-state index in [-0.39, 0.29) is 29.5 Å². The summed E-state index contributed by atoms with van der Waals surface area (Å²) < 4.78 is 13.9. The van der Waals surface area contributed by atoms with Gasteiger partial charge in [-0.05, 0) is 68.1 Å². The molecule has 2 saturated heterocycles. The van der Waals surface area contributed by atoms with Gasteiger partial charge in [-0.1, -0.05) is 18.9 Å². The molecular formula is C30H40FN3O4. The molecule has 1 aromatic rings. The number of fused-ring (bicyclic) bond motifs is 6. The zero-order valence-electron chi connectivity index (χ0n) is 22.1. The number of nitrogens with zero attached hydrogens (tertiary/aromatic N) is 3. The van der Waals surface area contributed by atoms with Crippen LogP contribution in [0.5, 0.6) is 0 Å². The molecule has 0 aromatic heterocycles. The lowest BCUT2D eigenvalue weighted by molar-refractivity contribution is -0.142. The molecular weight excluding hydrogens is 485 g/mol. The average Bonchev–Trinajstić information content (AvgIpc) is 3.65. The highest BCUT2D eigenvalue weighted by molar-refractivity contribution is 6.06. The number of rotatable bonds is 5. The summed E-state index contributed by atoms with van der Waals surface area (Å²) in [6, 6.07) is 5.65. The summed E-state index contributed by atoms with van der Waals surface area (Å²) in [7, 11) is 0. The van der Waals surface area contributed by atoms with E-state index in [1.165, 1.54) is 16.9 Å². The third kappa shape index (κ3) is 3.93. The minimum atomic E-state index is -0.878. The molecule has 3 heterocycles. The standard InChI is InChI=1S/C30H40FN3O4/c31-20-6-5-17-7-12-33(24(17)13-20)21-8-10-32(11-9-21)15-18-3-1-2-4-19(18)16-34-29(37)25-22-14-23(26(25)30(34)38)28(36)27(22)35/h5-6,13,18-19,21-23,25-28,35-36H,1-4,7-12,14-16H2/t18-,19-,22?,23?,25?,26?,27?,28?/m0/s1. The van der Waals surface area contributed by atoms with E-state index >= 15 is 0 Å². The molecule has 2 amide bonds. The molecule has 2 N–H and O–H groups in total. The van der Waals surface area contributed by atoms with Gasteiger partial charge in [-0.25, -0.2) is 4.39 Å². The van der Waals surface area contributed by atoms with Crippen LogP contribution in [0.2, 0.25) is 0 Å². The fraction of sp³-hybridized carbons (Fsp3) is 0.733. The van der Waals surface area contributed by atoms with Gasteiger partial charge in [0, 0.05) is 56.3 Å². The number of aliphatic hydroxyl groups is 2. The molecule has 0 spiro atoms. The first-order chi connectivity index (χ1) is 18.4. The molecule has 7 rings (SSSR count). The Morgan fingerprint density at radius 3 is 2.13 bits per heavy atom. The number of anilines is 1. The van der Waals surface area contributed by atoms with Crippen molar-refractivity contribution in [3.05, 3.63) is 29.6 Å². The summed E-state index contributed by atoms with van der Waals surface area (Å²) in [5, 5.41) is 20.7. The lowest BCUT2D eigenvalue weighted by atomic mass is 9.78. The minimum absolute atomic E-state index is 0.106. The van der Waals surface area contributed by atoms with Crippen LogP contribution >= 0.6 is 0 Å². The SMILES string of the molecule is O=C1C2C3CC(C(O)C3O)C2C(=O)N1C[C@@H]1CCCC[C@H]1CN1CCC(N2CCc3ccc(F)cc32)CC1. The lowest BCUT2D eigenvalue weighted by Gasteiger charge is -2.41. The highest BCUT2D eigenvalue weighted by Gasteiger charge is 2.67. The van der Waals surface area contributed by atoms with Crippen molar-refractivity contribution in [2.24, 2.45) is 35.5 Å². The zero-order valence-corrected chi connectivity index (χ0v) is 22.1. The Hall–Kier alpha value is -2.03. The van der Waals surface area contributed by atoms with E-state index in [0.717, 1.165) is 70.4 Å². The van der Waals surface area contributed by atoms with Gasteiger partial charge in [-0.2, -0.15) is 0 Å². The number of hydrogen-bond donors (Lipinski definition) is 2. The molecule has 3 aliphatic heterocycles. The van der Waals surface area contributed by atoms with Crippen molar-refractivity contribution in [1.82, 2.24) is 9.80 Å². The van der Waals surface area contributed by atoms with Crippen LogP contribution in [0.15, 0.2) is 18.2 Å². The average molecular weight is 526 g/mol. The maximum absolute atomic E-state index is 13.9. The largest absolute Gasteiger partial charge is 0.390 e. The van der Waals surface area contributed by atoms with Gasteiger partial charge < -0.3 is 20.0 Å². The number of halogens is 1. The van der Waals surface area contributed by atoms with Crippen LogP contribution in [0.3, 0.4) is 0 Å². The summed E-state index contributed by atoms with van der Waals surface area (Å²) in [4.78, 5) is 33.2. The Balaban J connectivity index is 0.972. The molecule has 6 aliphatic rings. The first-order valence-electron chi connectivity index (χ1n) is 14.9. The predicted molar refractivity (Wildman–Crippen MR) is 140 cm³/mol. The van der Waals surface area contributed by atoms with Gasteiger partial charge in [0.2, 0.25) is 11.8 Å². The number of carbonyl (C=O) groups excluding carboxylic acids is 2. The second-order valence-electron chi connectivity index (χ2n) is 12.9. The van der Waals surface area contributed by atoms with Crippen molar-refractivity contribution in [3.8, 4) is 0 Å². The Labute approximate surface area is 224 Å². The maximum Gasteiger partial charge on any atom is 0.233 e. The van der Waals surface area contributed by atoms with E-state index in [2.05, 4.69) is 9.80 Å². The van der Waals surface area contributed by atoms with Crippen molar-refractivity contribution in [3.63, 3.8) is 0 Å². The molecule has 3 aliphatic carbocycles. The van der Waals surface area contributed by atoms with Crippen molar-refractivity contribution >= 4 is 17.5 Å². The molecule has 206 valence electrons. The van der Waals surface area contributed by atoms with Crippen molar-refractivity contribution in [2.75, 3.05) is 37.6 Å². The normalized spacial score (nSPS) is 39.3. The van der Waals surface area contributed by atoms with Crippen LogP contribution in [-0.2, 0) is 16.0 Å². The minimum Gasteiger partial charge on any atom is -0.390 e. The molecule has 3 saturated carbocycles. The number of carbonyl (C=O) groups is 2. The molecule has 1 aromatic carbocycles. The molecule has 2 bridgehead atoms. The summed E-state index contributed by atoms with van der Waals surface area (Å²) in [5.41, 5.74) is 2.33. The van der Waals surface area contributed by atoms with E-state index < -0.39 is 24.0 Å². The Morgan fingerprint density at radius 1 is 0.842 bits per heavy atom. The lowest BCUT2D eigenvalue weighted by Crippen LogP contribution is -2.47. The Bertz CT molecular complexity index is 1070. The fourth-order valence-electron chi connectivity index (χ4n) is 9.17. The monoisotopic (exact) mass is 525 g/mol. The van der Waals surface area contributed by atoms with E-state index in [9.17, 15) is 24.2 Å². The van der Waals surface area contributed by atoms with Crippen LogP contribution in [0, 0.1) is 41.3 Å². The van der Waals surface area contributed by atoms with Crippen LogP contribution in [0.1, 0.15) is 50.5 Å². The first-order valence-corrected chi connectivity index (χ1v) is 14.9. The number of likely N-dealkylation sites (tertiary alicyclic amines) is 2. The van der Waals surface area contributed by atoms with Gasteiger partial charge in [0.15, 0.2) is 0 Å². The Kier molecular flexibility index (Phi) is 6.28. The van der Waals surface area contributed by atoms with Crippen LogP contribution in [0.4, 0.5) is 10.1 Å². The number of hydrogen-bond acceptors (Lipinski definition) is 6. The quantitative estimate of drug-likeness (QED) is 0.575. The second kappa shape index (κ2) is 9.56. The third-order valence-corrected chi connectivity index (χ3v) is 11.1. The van der Waals surface area contributed by atoms with Crippen molar-refractivity contribution < 1.29 is 24.2 Å². The predicted octanol–water partition coefficient (Wildman–Crippen LogP) is 2.43. The van der Waals surface area contributed by atoms with Gasteiger partial charge in [-0.3, -0.25) is 14.5 Å². The van der Waals surface area contributed by atoms with E-state index in [4.69, 9.17) is 0 Å². The molecule has 6 unspecified atom stereocenters. The van der Waals surface area contributed by atoms with Crippen LogP contribution in [-0.4, -0.2) is 82.8 Å². The van der Waals surface area contributed by atoms with Gasteiger partial charge in [0.1, 0.15) is 5.82 Å². The summed E-state index contributed by atoms with van der Waals surface area (Å²) in [6.45, 7) is 4.53. The van der Waals surface area contributed by atoms with Gasteiger partial charge in [0.05, 0.1) is 24.0 Å². The molecule has 8 heteroatoms. The van der Waals surface area contributed by atoms with E-state index in [1.807, 2.05) is 6.07 Å². The topological polar surface area (TPSA) is 84.3 Å². The molecule has 5 fully saturated rings. The number of imide groups is 1.